The van der Waals surface area contributed by atoms with Crippen molar-refractivity contribution in [3.05, 3.63) is 20.8 Å². The summed E-state index contributed by atoms with van der Waals surface area (Å²) < 4.78 is 2.40. The van der Waals surface area contributed by atoms with Crippen molar-refractivity contribution in [1.82, 2.24) is 29.9 Å². The fraction of sp³-hybridized carbons (Fsp3) is 0.615. The van der Waals surface area contributed by atoms with Crippen molar-refractivity contribution >= 4 is 17.8 Å². The van der Waals surface area contributed by atoms with Gasteiger partial charge in [-0.3, -0.25) is 19.4 Å². The lowest BCUT2D eigenvalue weighted by Crippen LogP contribution is -2.48. The number of aromatic nitrogens is 2. The van der Waals surface area contributed by atoms with Crippen LogP contribution in [0.15, 0.2) is 14.6 Å². The third-order valence-corrected chi connectivity index (χ3v) is 3.49. The molecule has 23 heavy (non-hydrogen) atoms. The molecule has 10 nitrogen and oxygen atoms in total. The monoisotopic (exact) mass is 324 g/mol. The van der Waals surface area contributed by atoms with E-state index in [9.17, 15) is 9.59 Å². The summed E-state index contributed by atoms with van der Waals surface area (Å²) in [5.41, 5.74) is 5.47. The molecule has 128 valence electrons. The van der Waals surface area contributed by atoms with E-state index in [1.807, 2.05) is 14.1 Å². The average Bonchev–Trinajstić information content (AvgIpc) is 2.53. The van der Waals surface area contributed by atoms with Crippen LogP contribution in [0, 0.1) is 0 Å². The molecule has 0 radical (unpaired) electrons. The second kappa shape index (κ2) is 7.40. The Hall–Kier alpha value is -2.17. The molecule has 0 saturated carbocycles. The lowest BCUT2D eigenvalue weighted by Gasteiger charge is -2.27. The number of anilines is 1. The molecule has 3 N–H and O–H groups in total. The Morgan fingerprint density at radius 3 is 2.61 bits per heavy atom. The van der Waals surface area contributed by atoms with Crippen LogP contribution in [0.1, 0.15) is 0 Å². The number of hydrogen-bond donors (Lipinski definition) is 3. The summed E-state index contributed by atoms with van der Waals surface area (Å²) in [7, 11) is 7.08. The first-order valence-electron chi connectivity index (χ1n) is 7.41. The number of rotatable bonds is 7. The van der Waals surface area contributed by atoms with Gasteiger partial charge in [0.25, 0.3) is 5.56 Å². The zero-order valence-corrected chi connectivity index (χ0v) is 14.0. The van der Waals surface area contributed by atoms with E-state index in [2.05, 4.69) is 26.1 Å². The first-order valence-corrected chi connectivity index (χ1v) is 7.41. The third-order valence-electron chi connectivity index (χ3n) is 3.49. The molecular formula is C13H24N8O2. The van der Waals surface area contributed by atoms with E-state index < -0.39 is 11.2 Å². The van der Waals surface area contributed by atoms with E-state index in [4.69, 9.17) is 0 Å². The Balaban J connectivity index is 1.92. The molecule has 0 aliphatic carbocycles. The van der Waals surface area contributed by atoms with Gasteiger partial charge in [0.1, 0.15) is 6.34 Å². The van der Waals surface area contributed by atoms with Crippen LogP contribution in [0.2, 0.25) is 0 Å². The van der Waals surface area contributed by atoms with Crippen molar-refractivity contribution in [1.29, 1.82) is 0 Å². The number of likely N-dealkylation sites (N-methyl/N-ethyl adjacent to an activating group) is 1. The van der Waals surface area contributed by atoms with Gasteiger partial charge in [0.2, 0.25) is 0 Å². The topological polar surface area (TPSA) is 98.9 Å². The number of fused-ring (bicyclic) bond motifs is 1. The molecule has 0 atom stereocenters. The predicted octanol–water partition coefficient (Wildman–Crippen LogP) is -1.96. The maximum Gasteiger partial charge on any atom is 0.332 e. The molecule has 0 spiro atoms. The quantitative estimate of drug-likeness (QED) is 0.501. The molecule has 2 rings (SSSR count). The average molecular weight is 324 g/mol. The van der Waals surface area contributed by atoms with E-state index >= 15 is 0 Å². The van der Waals surface area contributed by atoms with Crippen LogP contribution < -0.4 is 27.4 Å². The summed E-state index contributed by atoms with van der Waals surface area (Å²) in [5.74, 6) is 0.369. The second-order valence-corrected chi connectivity index (χ2v) is 5.59. The summed E-state index contributed by atoms with van der Waals surface area (Å²) in [6, 6.07) is 0. The smallest absolute Gasteiger partial charge is 0.314 e. The number of hydrazine groups is 2. The van der Waals surface area contributed by atoms with Gasteiger partial charge >= 0.3 is 5.69 Å². The summed E-state index contributed by atoms with van der Waals surface area (Å²) in [4.78, 5) is 30.2. The van der Waals surface area contributed by atoms with Gasteiger partial charge in [-0.15, -0.1) is 0 Å². The molecule has 0 fully saturated rings. The number of nitrogens with one attached hydrogen (secondary N) is 3. The largest absolute Gasteiger partial charge is 0.332 e. The van der Waals surface area contributed by atoms with E-state index in [1.165, 1.54) is 23.1 Å². The molecule has 0 saturated heterocycles. The molecule has 1 aromatic heterocycles. The molecule has 0 amide bonds. The molecule has 2 heterocycles. The standard InChI is InChI=1S/C13H24N8O2/c1-18(2)8-7-14-5-6-16-21-9-15-10-11(17-21)19(3)13(23)20(4)12(10)22/h9,14,16-17H,5-8H2,1-4H3. The van der Waals surface area contributed by atoms with E-state index in [0.717, 1.165) is 24.2 Å². The van der Waals surface area contributed by atoms with Crippen molar-refractivity contribution in [3.63, 3.8) is 0 Å². The summed E-state index contributed by atoms with van der Waals surface area (Å²) >= 11 is 0. The second-order valence-electron chi connectivity index (χ2n) is 5.59. The molecule has 10 heteroatoms. The Kier molecular flexibility index (Phi) is 5.53. The molecule has 1 aliphatic heterocycles. The zero-order chi connectivity index (χ0) is 17.0. The summed E-state index contributed by atoms with van der Waals surface area (Å²) in [5, 5.41) is 4.84. The molecule has 0 aromatic carbocycles. The molecular weight excluding hydrogens is 300 g/mol. The van der Waals surface area contributed by atoms with Gasteiger partial charge in [0.15, 0.2) is 11.5 Å². The SMILES string of the molecule is CN(C)CCNCCNN1C=Nc2c(n(C)c(=O)n(C)c2=O)N1. The van der Waals surface area contributed by atoms with Crippen LogP contribution >= 0.6 is 0 Å². The molecule has 0 unspecified atom stereocenters. The molecule has 1 aromatic rings. The Morgan fingerprint density at radius 1 is 1.17 bits per heavy atom. The normalized spacial score (nSPS) is 13.3. The zero-order valence-electron chi connectivity index (χ0n) is 14.0. The van der Waals surface area contributed by atoms with Gasteiger partial charge in [-0.25, -0.2) is 20.3 Å². The highest BCUT2D eigenvalue weighted by atomic mass is 16.2. The van der Waals surface area contributed by atoms with Gasteiger partial charge in [0.05, 0.1) is 0 Å². The number of nitrogens with zero attached hydrogens (tertiary/aromatic N) is 5. The highest BCUT2D eigenvalue weighted by Gasteiger charge is 2.19. The minimum absolute atomic E-state index is 0.219. The first kappa shape index (κ1) is 17.2. The summed E-state index contributed by atoms with van der Waals surface area (Å²) in [6.07, 6.45) is 1.48. The van der Waals surface area contributed by atoms with Gasteiger partial charge in [-0.2, -0.15) is 0 Å². The highest BCUT2D eigenvalue weighted by Crippen LogP contribution is 2.20. The van der Waals surface area contributed by atoms with Crippen LogP contribution in [0.5, 0.6) is 0 Å². The maximum absolute atomic E-state index is 12.0. The van der Waals surface area contributed by atoms with E-state index in [1.54, 1.807) is 7.05 Å². The molecule has 0 bridgehead atoms. The van der Waals surface area contributed by atoms with E-state index in [0.29, 0.717) is 12.4 Å². The number of hydrogen-bond acceptors (Lipinski definition) is 8. The van der Waals surface area contributed by atoms with Crippen molar-refractivity contribution < 1.29 is 0 Å². The molecule has 1 aliphatic rings. The van der Waals surface area contributed by atoms with Crippen LogP contribution in [0.3, 0.4) is 0 Å². The van der Waals surface area contributed by atoms with Crippen molar-refractivity contribution in [2.75, 3.05) is 45.7 Å². The van der Waals surface area contributed by atoms with Crippen molar-refractivity contribution in [2.24, 2.45) is 19.1 Å². The van der Waals surface area contributed by atoms with Crippen LogP contribution in [0.4, 0.5) is 11.5 Å². The van der Waals surface area contributed by atoms with Crippen LogP contribution in [0.25, 0.3) is 0 Å². The minimum Gasteiger partial charge on any atom is -0.314 e. The van der Waals surface area contributed by atoms with Crippen molar-refractivity contribution in [3.8, 4) is 0 Å². The Labute approximate surface area is 134 Å². The maximum atomic E-state index is 12.0. The fourth-order valence-corrected chi connectivity index (χ4v) is 2.10. The van der Waals surface area contributed by atoms with Gasteiger partial charge in [0, 0.05) is 40.3 Å². The Morgan fingerprint density at radius 2 is 1.91 bits per heavy atom. The van der Waals surface area contributed by atoms with Crippen LogP contribution in [-0.4, -0.2) is 65.8 Å². The van der Waals surface area contributed by atoms with E-state index in [-0.39, 0.29) is 5.69 Å². The van der Waals surface area contributed by atoms with Crippen LogP contribution in [-0.2, 0) is 14.1 Å². The summed E-state index contributed by atoms with van der Waals surface area (Å²) in [6.45, 7) is 3.33. The third kappa shape index (κ3) is 3.97. The highest BCUT2D eigenvalue weighted by molar-refractivity contribution is 5.73. The minimum atomic E-state index is -0.420. The first-order chi connectivity index (χ1) is 10.9. The van der Waals surface area contributed by atoms with Gasteiger partial charge in [-0.05, 0) is 14.1 Å². The van der Waals surface area contributed by atoms with Gasteiger partial charge in [-0.1, -0.05) is 0 Å². The lowest BCUT2D eigenvalue weighted by molar-refractivity contribution is 0.354. The number of aliphatic imine (C=N–C) groups is 1. The predicted molar refractivity (Wildman–Crippen MR) is 90.0 cm³/mol. The lowest BCUT2D eigenvalue weighted by atomic mass is 10.4. The fourth-order valence-electron chi connectivity index (χ4n) is 2.10. The van der Waals surface area contributed by atoms with Crippen molar-refractivity contribution in [2.45, 2.75) is 0 Å². The van der Waals surface area contributed by atoms with Gasteiger partial charge < -0.3 is 10.2 Å². The Bertz CT molecular complexity index is 690.